The van der Waals surface area contributed by atoms with Gasteiger partial charge in [-0.15, -0.1) is 0 Å². The SMILES string of the molecule is O=C(O)[C@@H](Cc1ccccc1)NC[C@@]1(O)OC[C@@H](O)[C@@H](O)[C@@H]1O. The van der Waals surface area contributed by atoms with Crippen LogP contribution in [0.5, 0.6) is 0 Å². The molecule has 1 aromatic carbocycles. The van der Waals surface area contributed by atoms with Crippen LogP contribution in [0.1, 0.15) is 5.56 Å². The number of aliphatic carboxylic acids is 1. The number of carboxylic acid groups (broad SMARTS) is 1. The molecule has 128 valence electrons. The Balaban J connectivity index is 1.99. The fraction of sp³-hybridized carbons (Fsp3) is 0.533. The molecule has 1 aliphatic heterocycles. The van der Waals surface area contributed by atoms with Crippen LogP contribution in [0.3, 0.4) is 0 Å². The van der Waals surface area contributed by atoms with Gasteiger partial charge in [0, 0.05) is 0 Å². The van der Waals surface area contributed by atoms with E-state index in [4.69, 9.17) is 4.74 Å². The molecule has 6 N–H and O–H groups in total. The Bertz CT molecular complexity index is 526. The standard InChI is InChI=1S/C15H21NO7/c17-11-7-23-15(22,13(19)12(11)18)8-16-10(14(20)21)6-9-4-2-1-3-5-9/h1-5,10-13,16-19,22H,6-8H2,(H,20,21)/t10-,11-,12-,13+,15-/m1/s1. The van der Waals surface area contributed by atoms with E-state index in [0.29, 0.717) is 0 Å². The van der Waals surface area contributed by atoms with Gasteiger partial charge in [0.25, 0.3) is 0 Å². The first kappa shape index (κ1) is 17.8. The van der Waals surface area contributed by atoms with E-state index in [1.165, 1.54) is 0 Å². The summed E-state index contributed by atoms with van der Waals surface area (Å²) in [5, 5.41) is 50.9. The first-order valence-electron chi connectivity index (χ1n) is 7.24. The summed E-state index contributed by atoms with van der Waals surface area (Å²) in [5.74, 6) is -3.30. The van der Waals surface area contributed by atoms with Crippen LogP contribution in [0.15, 0.2) is 30.3 Å². The molecule has 0 aliphatic carbocycles. The maximum atomic E-state index is 11.3. The molecule has 0 amide bonds. The number of aliphatic hydroxyl groups excluding tert-OH is 3. The molecule has 0 unspecified atom stereocenters. The quantitative estimate of drug-likeness (QED) is 0.355. The normalized spacial score (nSPS) is 32.4. The molecule has 1 aromatic rings. The number of rotatable bonds is 6. The number of benzene rings is 1. The lowest BCUT2D eigenvalue weighted by atomic mass is 9.96. The minimum Gasteiger partial charge on any atom is -0.480 e. The van der Waals surface area contributed by atoms with Crippen molar-refractivity contribution in [2.24, 2.45) is 0 Å². The van der Waals surface area contributed by atoms with Gasteiger partial charge in [0.2, 0.25) is 5.79 Å². The molecule has 0 radical (unpaired) electrons. The van der Waals surface area contributed by atoms with Crippen molar-refractivity contribution in [3.8, 4) is 0 Å². The molecule has 0 aromatic heterocycles. The van der Waals surface area contributed by atoms with Crippen LogP contribution in [-0.4, -0.2) is 74.8 Å². The van der Waals surface area contributed by atoms with Crippen LogP contribution >= 0.6 is 0 Å². The molecule has 8 heteroatoms. The summed E-state index contributed by atoms with van der Waals surface area (Å²) in [6, 6.07) is 7.92. The minimum atomic E-state index is -2.18. The average molecular weight is 327 g/mol. The minimum absolute atomic E-state index is 0.174. The molecule has 0 spiro atoms. The van der Waals surface area contributed by atoms with Gasteiger partial charge < -0.3 is 30.3 Å². The Labute approximate surface area is 133 Å². The van der Waals surface area contributed by atoms with Gasteiger partial charge in [0.1, 0.15) is 24.4 Å². The molecule has 2 rings (SSSR count). The highest BCUT2D eigenvalue weighted by Gasteiger charge is 2.48. The summed E-state index contributed by atoms with van der Waals surface area (Å²) in [5.41, 5.74) is 0.792. The molecule has 5 atom stereocenters. The topological polar surface area (TPSA) is 139 Å². The van der Waals surface area contributed by atoms with Gasteiger partial charge in [-0.05, 0) is 12.0 Å². The van der Waals surface area contributed by atoms with E-state index in [2.05, 4.69) is 5.32 Å². The van der Waals surface area contributed by atoms with Gasteiger partial charge in [-0.25, -0.2) is 0 Å². The summed E-state index contributed by atoms with van der Waals surface area (Å²) in [6.07, 6.45) is -4.48. The van der Waals surface area contributed by atoms with Crippen molar-refractivity contribution in [1.29, 1.82) is 0 Å². The number of hydrogen-bond donors (Lipinski definition) is 6. The maximum absolute atomic E-state index is 11.3. The van der Waals surface area contributed by atoms with E-state index in [1.807, 2.05) is 6.07 Å². The molecular formula is C15H21NO7. The monoisotopic (exact) mass is 327 g/mol. The third-order valence-corrected chi connectivity index (χ3v) is 3.87. The summed E-state index contributed by atoms with van der Waals surface area (Å²) >= 11 is 0. The molecule has 0 bridgehead atoms. The number of hydrogen-bond acceptors (Lipinski definition) is 7. The molecule has 1 heterocycles. The van der Waals surface area contributed by atoms with Gasteiger partial charge in [-0.3, -0.25) is 10.1 Å². The van der Waals surface area contributed by atoms with Gasteiger partial charge in [0.05, 0.1) is 13.2 Å². The Kier molecular flexibility index (Phi) is 5.69. The molecule has 8 nitrogen and oxygen atoms in total. The second-order valence-electron chi connectivity index (χ2n) is 5.62. The lowest BCUT2D eigenvalue weighted by Gasteiger charge is -2.42. The molecule has 23 heavy (non-hydrogen) atoms. The molecule has 1 fully saturated rings. The van der Waals surface area contributed by atoms with Crippen LogP contribution in [0, 0.1) is 0 Å². The maximum Gasteiger partial charge on any atom is 0.321 e. The average Bonchev–Trinajstić information content (AvgIpc) is 2.54. The highest BCUT2D eigenvalue weighted by molar-refractivity contribution is 5.73. The molecule has 0 saturated carbocycles. The first-order chi connectivity index (χ1) is 10.8. The fourth-order valence-electron chi connectivity index (χ4n) is 2.41. The van der Waals surface area contributed by atoms with Crippen LogP contribution in [0.4, 0.5) is 0 Å². The van der Waals surface area contributed by atoms with E-state index < -0.39 is 42.7 Å². The van der Waals surface area contributed by atoms with Crippen LogP contribution < -0.4 is 5.32 Å². The first-order valence-corrected chi connectivity index (χ1v) is 7.24. The zero-order valence-electron chi connectivity index (χ0n) is 12.4. The van der Waals surface area contributed by atoms with Crippen molar-refractivity contribution < 1.29 is 35.1 Å². The van der Waals surface area contributed by atoms with E-state index >= 15 is 0 Å². The number of aliphatic hydroxyl groups is 4. The third kappa shape index (κ3) is 4.25. The predicted molar refractivity (Wildman–Crippen MR) is 78.5 cm³/mol. The zero-order chi connectivity index (χ0) is 17.0. The van der Waals surface area contributed by atoms with Gasteiger partial charge in [0.15, 0.2) is 0 Å². The number of carboxylic acids is 1. The fourth-order valence-corrected chi connectivity index (χ4v) is 2.41. The second kappa shape index (κ2) is 7.35. The Morgan fingerprint density at radius 1 is 1.30 bits per heavy atom. The van der Waals surface area contributed by atoms with Crippen molar-refractivity contribution >= 4 is 5.97 Å². The van der Waals surface area contributed by atoms with Crippen LogP contribution in [-0.2, 0) is 16.0 Å². The summed E-state index contributed by atoms with van der Waals surface area (Å²) in [4.78, 5) is 11.3. The largest absolute Gasteiger partial charge is 0.480 e. The Hall–Kier alpha value is -1.55. The van der Waals surface area contributed by atoms with Gasteiger partial charge in [-0.1, -0.05) is 30.3 Å². The van der Waals surface area contributed by atoms with Crippen molar-refractivity contribution in [2.75, 3.05) is 13.2 Å². The van der Waals surface area contributed by atoms with Crippen molar-refractivity contribution in [1.82, 2.24) is 5.32 Å². The third-order valence-electron chi connectivity index (χ3n) is 3.87. The van der Waals surface area contributed by atoms with Gasteiger partial charge >= 0.3 is 5.97 Å². The van der Waals surface area contributed by atoms with Crippen LogP contribution in [0.2, 0.25) is 0 Å². The lowest BCUT2D eigenvalue weighted by molar-refractivity contribution is -0.318. The zero-order valence-corrected chi connectivity index (χ0v) is 12.4. The van der Waals surface area contributed by atoms with Crippen molar-refractivity contribution in [3.63, 3.8) is 0 Å². The van der Waals surface area contributed by atoms with E-state index in [9.17, 15) is 30.3 Å². The smallest absolute Gasteiger partial charge is 0.321 e. The summed E-state index contributed by atoms with van der Waals surface area (Å²) < 4.78 is 4.98. The summed E-state index contributed by atoms with van der Waals surface area (Å²) in [7, 11) is 0. The van der Waals surface area contributed by atoms with Crippen LogP contribution in [0.25, 0.3) is 0 Å². The molecular weight excluding hydrogens is 306 g/mol. The van der Waals surface area contributed by atoms with E-state index in [1.54, 1.807) is 24.3 Å². The van der Waals surface area contributed by atoms with Crippen molar-refractivity contribution in [2.45, 2.75) is 36.6 Å². The van der Waals surface area contributed by atoms with Crippen molar-refractivity contribution in [3.05, 3.63) is 35.9 Å². The Morgan fingerprint density at radius 3 is 2.57 bits per heavy atom. The number of ether oxygens (including phenoxy) is 1. The van der Waals surface area contributed by atoms with E-state index in [-0.39, 0.29) is 13.0 Å². The molecule has 1 aliphatic rings. The summed E-state index contributed by atoms with van der Waals surface area (Å²) in [6.45, 7) is -0.783. The second-order valence-corrected chi connectivity index (χ2v) is 5.62. The number of nitrogens with one attached hydrogen (secondary N) is 1. The van der Waals surface area contributed by atoms with E-state index in [0.717, 1.165) is 5.56 Å². The predicted octanol–water partition coefficient (Wildman–Crippen LogP) is -1.93. The Morgan fingerprint density at radius 2 is 1.96 bits per heavy atom. The lowest BCUT2D eigenvalue weighted by Crippen LogP contribution is -2.65. The highest BCUT2D eigenvalue weighted by atomic mass is 16.6. The van der Waals surface area contributed by atoms with Gasteiger partial charge in [-0.2, -0.15) is 0 Å². The highest BCUT2D eigenvalue weighted by Crippen LogP contribution is 2.23. The number of carbonyl (C=O) groups is 1. The molecule has 1 saturated heterocycles.